The number of nitrogens with one attached hydrogen (secondary N) is 1. The second-order valence-corrected chi connectivity index (χ2v) is 5.72. The number of methoxy groups -OCH3 is 1. The van der Waals surface area contributed by atoms with Crippen molar-refractivity contribution in [2.45, 2.75) is 32.0 Å². The Morgan fingerprint density at radius 1 is 1.38 bits per heavy atom. The molecule has 1 aliphatic heterocycles. The summed E-state index contributed by atoms with van der Waals surface area (Å²) in [5.74, 6) is 1.26. The molecule has 2 heterocycles. The lowest BCUT2D eigenvalue weighted by Gasteiger charge is -2.23. The van der Waals surface area contributed by atoms with Gasteiger partial charge in [0, 0.05) is 13.0 Å². The summed E-state index contributed by atoms with van der Waals surface area (Å²) in [7, 11) is 1.61. The van der Waals surface area contributed by atoms with E-state index in [1.54, 1.807) is 30.4 Å². The third-order valence-corrected chi connectivity index (χ3v) is 4.14. The van der Waals surface area contributed by atoms with Gasteiger partial charge in [0.15, 0.2) is 0 Å². The molecule has 1 aromatic carbocycles. The molecule has 1 atom stereocenters. The maximum atomic E-state index is 12.5. The lowest BCUT2D eigenvalue weighted by Crippen LogP contribution is -2.44. The maximum absolute atomic E-state index is 12.5. The number of nitrogens with zero attached hydrogens (tertiary/aromatic N) is 1. The van der Waals surface area contributed by atoms with Crippen LogP contribution in [-0.2, 0) is 22.7 Å². The van der Waals surface area contributed by atoms with E-state index < -0.39 is 6.04 Å². The van der Waals surface area contributed by atoms with Crippen molar-refractivity contribution in [3.05, 3.63) is 54.0 Å². The third-order valence-electron chi connectivity index (χ3n) is 4.14. The second-order valence-electron chi connectivity index (χ2n) is 5.72. The zero-order valence-corrected chi connectivity index (χ0v) is 13.5. The van der Waals surface area contributed by atoms with Gasteiger partial charge in [0.25, 0.3) is 0 Å². The highest BCUT2D eigenvalue weighted by molar-refractivity contribution is 5.90. The largest absolute Gasteiger partial charge is 0.497 e. The van der Waals surface area contributed by atoms with Crippen LogP contribution in [0.25, 0.3) is 0 Å². The average Bonchev–Trinajstić information content (AvgIpc) is 3.24. The van der Waals surface area contributed by atoms with Gasteiger partial charge >= 0.3 is 0 Å². The van der Waals surface area contributed by atoms with Crippen LogP contribution in [0.15, 0.2) is 47.1 Å². The number of rotatable bonds is 6. The van der Waals surface area contributed by atoms with Crippen LogP contribution in [0.2, 0.25) is 0 Å². The van der Waals surface area contributed by atoms with Crippen molar-refractivity contribution in [1.82, 2.24) is 10.2 Å². The fraction of sp³-hybridized carbons (Fsp3) is 0.333. The highest BCUT2D eigenvalue weighted by atomic mass is 16.5. The van der Waals surface area contributed by atoms with E-state index in [-0.39, 0.29) is 11.8 Å². The minimum atomic E-state index is -0.451. The fourth-order valence-corrected chi connectivity index (χ4v) is 2.86. The first-order chi connectivity index (χ1) is 11.7. The number of hydrogen-bond donors (Lipinski definition) is 1. The summed E-state index contributed by atoms with van der Waals surface area (Å²) in [4.78, 5) is 26.1. The molecule has 3 rings (SSSR count). The van der Waals surface area contributed by atoms with Gasteiger partial charge in [-0.2, -0.15) is 0 Å². The van der Waals surface area contributed by atoms with E-state index in [0.29, 0.717) is 31.7 Å². The molecule has 24 heavy (non-hydrogen) atoms. The van der Waals surface area contributed by atoms with Crippen molar-refractivity contribution in [2.24, 2.45) is 0 Å². The smallest absolute Gasteiger partial charge is 0.243 e. The molecule has 1 aromatic heterocycles. The van der Waals surface area contributed by atoms with Crippen molar-refractivity contribution in [3.8, 4) is 5.75 Å². The normalized spacial score (nSPS) is 17.1. The van der Waals surface area contributed by atoms with Crippen LogP contribution in [0.5, 0.6) is 5.75 Å². The fourth-order valence-electron chi connectivity index (χ4n) is 2.86. The number of furan rings is 1. The van der Waals surface area contributed by atoms with Crippen LogP contribution in [0.3, 0.4) is 0 Å². The molecule has 1 N–H and O–H groups in total. The highest BCUT2D eigenvalue weighted by Gasteiger charge is 2.36. The second kappa shape index (κ2) is 7.21. The molecular formula is C18H20N2O4. The molecular weight excluding hydrogens is 308 g/mol. The molecule has 1 fully saturated rings. The van der Waals surface area contributed by atoms with Gasteiger partial charge in [-0.15, -0.1) is 0 Å². The summed E-state index contributed by atoms with van der Waals surface area (Å²) >= 11 is 0. The zero-order chi connectivity index (χ0) is 16.9. The molecule has 6 nitrogen and oxygen atoms in total. The van der Waals surface area contributed by atoms with Gasteiger partial charge < -0.3 is 19.4 Å². The summed E-state index contributed by atoms with van der Waals surface area (Å²) < 4.78 is 10.5. The Morgan fingerprint density at radius 3 is 3.00 bits per heavy atom. The van der Waals surface area contributed by atoms with Crippen LogP contribution in [0, 0.1) is 0 Å². The van der Waals surface area contributed by atoms with Crippen LogP contribution in [0.1, 0.15) is 24.2 Å². The Bertz CT molecular complexity index is 712. The number of amides is 2. The van der Waals surface area contributed by atoms with Crippen LogP contribution in [0.4, 0.5) is 0 Å². The molecule has 1 saturated heterocycles. The molecule has 2 amide bonds. The topological polar surface area (TPSA) is 71.8 Å². The Hall–Kier alpha value is -2.76. The summed E-state index contributed by atoms with van der Waals surface area (Å²) in [5.41, 5.74) is 0.949. The number of benzene rings is 1. The highest BCUT2D eigenvalue weighted by Crippen LogP contribution is 2.22. The number of carbonyl (C=O) groups is 2. The molecule has 0 saturated carbocycles. The maximum Gasteiger partial charge on any atom is 0.243 e. The molecule has 0 radical (unpaired) electrons. The molecule has 2 aromatic rings. The summed E-state index contributed by atoms with van der Waals surface area (Å²) in [6, 6.07) is 10.6. The van der Waals surface area contributed by atoms with Crippen molar-refractivity contribution in [3.63, 3.8) is 0 Å². The van der Waals surface area contributed by atoms with Gasteiger partial charge in [0.05, 0.1) is 19.9 Å². The van der Waals surface area contributed by atoms with E-state index in [1.165, 1.54) is 0 Å². The van der Waals surface area contributed by atoms with E-state index in [9.17, 15) is 9.59 Å². The zero-order valence-electron chi connectivity index (χ0n) is 13.5. The van der Waals surface area contributed by atoms with Gasteiger partial charge in [-0.05, 0) is 36.2 Å². The molecule has 0 spiro atoms. The lowest BCUT2D eigenvalue weighted by molar-refractivity contribution is -0.136. The Labute approximate surface area is 140 Å². The SMILES string of the molecule is COc1cccc(CNC(=O)C2CCC(=O)N2Cc2ccco2)c1. The number of likely N-dealkylation sites (tertiary alicyclic amines) is 1. The third kappa shape index (κ3) is 3.59. The van der Waals surface area contributed by atoms with Crippen molar-refractivity contribution < 1.29 is 18.7 Å². The first-order valence-corrected chi connectivity index (χ1v) is 7.90. The van der Waals surface area contributed by atoms with Gasteiger partial charge in [0.1, 0.15) is 17.6 Å². The summed E-state index contributed by atoms with van der Waals surface area (Å²) in [6.45, 7) is 0.721. The van der Waals surface area contributed by atoms with E-state index in [4.69, 9.17) is 9.15 Å². The number of hydrogen-bond acceptors (Lipinski definition) is 4. The Kier molecular flexibility index (Phi) is 4.84. The van der Waals surface area contributed by atoms with Gasteiger partial charge in [-0.1, -0.05) is 12.1 Å². The standard InChI is InChI=1S/C18H20N2O4/c1-23-14-5-2-4-13(10-14)11-19-18(22)16-7-8-17(21)20(16)12-15-6-3-9-24-15/h2-6,9-10,16H,7-8,11-12H2,1H3,(H,19,22). The summed E-state index contributed by atoms with van der Waals surface area (Å²) in [6.07, 6.45) is 2.48. The molecule has 0 bridgehead atoms. The minimum absolute atomic E-state index is 0.0204. The van der Waals surface area contributed by atoms with Crippen molar-refractivity contribution >= 4 is 11.8 Å². The van der Waals surface area contributed by atoms with Gasteiger partial charge in [0.2, 0.25) is 11.8 Å². The van der Waals surface area contributed by atoms with E-state index in [0.717, 1.165) is 11.3 Å². The monoisotopic (exact) mass is 328 g/mol. The Balaban J connectivity index is 1.61. The molecule has 0 aliphatic carbocycles. The van der Waals surface area contributed by atoms with Gasteiger partial charge in [-0.3, -0.25) is 9.59 Å². The summed E-state index contributed by atoms with van der Waals surface area (Å²) in [5, 5.41) is 2.90. The molecule has 1 unspecified atom stereocenters. The predicted octanol–water partition coefficient (Wildman–Crippen LogP) is 2.10. The molecule has 1 aliphatic rings. The van der Waals surface area contributed by atoms with Crippen LogP contribution < -0.4 is 10.1 Å². The number of ether oxygens (including phenoxy) is 1. The average molecular weight is 328 g/mol. The predicted molar refractivity (Wildman–Crippen MR) is 87.1 cm³/mol. The molecule has 6 heteroatoms. The first-order valence-electron chi connectivity index (χ1n) is 7.90. The van der Waals surface area contributed by atoms with E-state index in [1.807, 2.05) is 24.3 Å². The van der Waals surface area contributed by atoms with Crippen molar-refractivity contribution in [1.29, 1.82) is 0 Å². The first kappa shape index (κ1) is 16.1. The van der Waals surface area contributed by atoms with Crippen molar-refractivity contribution in [2.75, 3.05) is 7.11 Å². The van der Waals surface area contributed by atoms with Gasteiger partial charge in [-0.25, -0.2) is 0 Å². The minimum Gasteiger partial charge on any atom is -0.497 e. The van der Waals surface area contributed by atoms with E-state index >= 15 is 0 Å². The lowest BCUT2D eigenvalue weighted by atomic mass is 10.1. The molecule has 126 valence electrons. The van der Waals surface area contributed by atoms with E-state index in [2.05, 4.69) is 5.32 Å². The number of carbonyl (C=O) groups excluding carboxylic acids is 2. The van der Waals surface area contributed by atoms with Crippen LogP contribution >= 0.6 is 0 Å². The van der Waals surface area contributed by atoms with Crippen LogP contribution in [-0.4, -0.2) is 29.9 Å². The Morgan fingerprint density at radius 2 is 2.25 bits per heavy atom. The quantitative estimate of drug-likeness (QED) is 0.881.